The van der Waals surface area contributed by atoms with Crippen LogP contribution in [0.5, 0.6) is 0 Å². The number of fused-ring (bicyclic) bond motifs is 1. The second-order valence-electron chi connectivity index (χ2n) is 7.22. The van der Waals surface area contributed by atoms with Gasteiger partial charge in [0, 0.05) is 12.2 Å². The molecule has 0 spiro atoms. The van der Waals surface area contributed by atoms with E-state index in [1.54, 1.807) is 35.8 Å². The zero-order chi connectivity index (χ0) is 21.3. The van der Waals surface area contributed by atoms with Crippen molar-refractivity contribution in [2.45, 2.75) is 42.8 Å². The highest BCUT2D eigenvalue weighted by Crippen LogP contribution is 2.26. The number of Topliss-reactive ketones (excluding diaryl/α,β-unsaturated/α-hetero) is 1. The first-order valence-corrected chi connectivity index (χ1v) is 10.6. The summed E-state index contributed by atoms with van der Waals surface area (Å²) >= 11 is 1.13. The molecule has 0 saturated carbocycles. The molecule has 5 nitrogen and oxygen atoms in total. The lowest BCUT2D eigenvalue weighted by Gasteiger charge is -2.18. The van der Waals surface area contributed by atoms with Gasteiger partial charge in [-0.25, -0.2) is 13.8 Å². The van der Waals surface area contributed by atoms with E-state index in [0.29, 0.717) is 29.2 Å². The molecule has 2 unspecified atom stereocenters. The average molecular weight is 430 g/mol. The molecular formula is C22H20F2N2O3S. The molecule has 1 aliphatic rings. The molecule has 2 atom stereocenters. The predicted molar refractivity (Wildman–Crippen MR) is 111 cm³/mol. The second kappa shape index (κ2) is 8.65. The molecule has 1 aromatic heterocycles. The fourth-order valence-electron chi connectivity index (χ4n) is 3.49. The van der Waals surface area contributed by atoms with Crippen molar-refractivity contribution in [1.82, 2.24) is 9.55 Å². The summed E-state index contributed by atoms with van der Waals surface area (Å²) in [5.41, 5.74) is 0.426. The lowest BCUT2D eigenvalue weighted by atomic mass is 10.1. The SMILES string of the molecule is CC(Sc1nc2ccccc2c(=O)n1CC1CCCO1)C(=O)c1ccc(F)c(F)c1. The molecule has 0 radical (unpaired) electrons. The zero-order valence-corrected chi connectivity index (χ0v) is 17.1. The molecule has 156 valence electrons. The topological polar surface area (TPSA) is 61.2 Å². The first-order chi connectivity index (χ1) is 14.4. The number of ether oxygens (including phenoxy) is 1. The number of nitrogens with zero attached hydrogens (tertiary/aromatic N) is 2. The maximum Gasteiger partial charge on any atom is 0.262 e. The quantitative estimate of drug-likeness (QED) is 0.333. The Bertz CT molecular complexity index is 1160. The number of halogens is 2. The number of benzene rings is 2. The molecule has 4 rings (SSSR count). The number of aromatic nitrogens is 2. The van der Waals surface area contributed by atoms with Gasteiger partial charge in [0.25, 0.3) is 5.56 Å². The molecule has 0 aliphatic carbocycles. The summed E-state index contributed by atoms with van der Waals surface area (Å²) in [4.78, 5) is 30.5. The minimum atomic E-state index is -1.07. The van der Waals surface area contributed by atoms with E-state index < -0.39 is 16.9 Å². The van der Waals surface area contributed by atoms with E-state index in [0.717, 1.165) is 36.7 Å². The van der Waals surface area contributed by atoms with Crippen molar-refractivity contribution in [3.8, 4) is 0 Å². The molecule has 1 aliphatic heterocycles. The van der Waals surface area contributed by atoms with E-state index in [4.69, 9.17) is 4.74 Å². The summed E-state index contributed by atoms with van der Waals surface area (Å²) in [5, 5.41) is 0.246. The molecule has 0 amide bonds. The summed E-state index contributed by atoms with van der Waals surface area (Å²) in [6.45, 7) is 2.67. The van der Waals surface area contributed by atoms with Crippen LogP contribution in [-0.4, -0.2) is 33.3 Å². The largest absolute Gasteiger partial charge is 0.376 e. The Morgan fingerprint density at radius 2 is 2.07 bits per heavy atom. The van der Waals surface area contributed by atoms with Gasteiger partial charge in [-0.2, -0.15) is 0 Å². The van der Waals surface area contributed by atoms with E-state index in [1.807, 2.05) is 0 Å². The maximum absolute atomic E-state index is 13.5. The number of para-hydroxylation sites is 1. The third kappa shape index (κ3) is 4.15. The number of rotatable bonds is 6. The van der Waals surface area contributed by atoms with E-state index in [1.165, 1.54) is 6.07 Å². The highest BCUT2D eigenvalue weighted by molar-refractivity contribution is 8.00. The van der Waals surface area contributed by atoms with Gasteiger partial charge in [-0.3, -0.25) is 14.2 Å². The van der Waals surface area contributed by atoms with Crippen molar-refractivity contribution in [3.63, 3.8) is 0 Å². The standard InChI is InChI=1S/C22H20F2N2O3S/c1-13(20(27)14-8-9-17(23)18(24)11-14)30-22-25-19-7-3-2-6-16(19)21(28)26(22)12-15-5-4-10-29-15/h2-3,6-9,11,13,15H,4-5,10,12H2,1H3. The smallest absolute Gasteiger partial charge is 0.262 e. The Morgan fingerprint density at radius 1 is 1.27 bits per heavy atom. The van der Waals surface area contributed by atoms with E-state index in [-0.39, 0.29) is 23.0 Å². The lowest BCUT2D eigenvalue weighted by molar-refractivity contribution is 0.0937. The van der Waals surface area contributed by atoms with Crippen molar-refractivity contribution >= 4 is 28.4 Å². The number of carbonyl (C=O) groups excluding carboxylic acids is 1. The van der Waals surface area contributed by atoms with Crippen molar-refractivity contribution in [1.29, 1.82) is 0 Å². The van der Waals surface area contributed by atoms with Crippen molar-refractivity contribution < 1.29 is 18.3 Å². The van der Waals surface area contributed by atoms with Crippen LogP contribution in [0.15, 0.2) is 52.4 Å². The van der Waals surface area contributed by atoms with Crippen molar-refractivity contribution in [2.75, 3.05) is 6.61 Å². The molecule has 30 heavy (non-hydrogen) atoms. The first kappa shape index (κ1) is 20.7. The molecular weight excluding hydrogens is 410 g/mol. The fourth-order valence-corrected chi connectivity index (χ4v) is 4.48. The lowest BCUT2D eigenvalue weighted by Crippen LogP contribution is -2.29. The highest BCUT2D eigenvalue weighted by atomic mass is 32.2. The van der Waals surface area contributed by atoms with Gasteiger partial charge < -0.3 is 4.74 Å². The molecule has 1 fully saturated rings. The van der Waals surface area contributed by atoms with Crippen molar-refractivity contribution in [2.24, 2.45) is 0 Å². The van der Waals surface area contributed by atoms with Crippen LogP contribution >= 0.6 is 11.8 Å². The van der Waals surface area contributed by atoms with Crippen LogP contribution in [-0.2, 0) is 11.3 Å². The highest BCUT2D eigenvalue weighted by Gasteiger charge is 2.24. The summed E-state index contributed by atoms with van der Waals surface area (Å²) in [6, 6.07) is 10.1. The third-order valence-electron chi connectivity index (χ3n) is 5.09. The van der Waals surface area contributed by atoms with Gasteiger partial charge in [0.05, 0.1) is 28.8 Å². The Labute approximate surface area is 176 Å². The minimum Gasteiger partial charge on any atom is -0.376 e. The zero-order valence-electron chi connectivity index (χ0n) is 16.3. The van der Waals surface area contributed by atoms with Gasteiger partial charge in [0.15, 0.2) is 22.6 Å². The van der Waals surface area contributed by atoms with E-state index >= 15 is 0 Å². The van der Waals surface area contributed by atoms with Crippen LogP contribution in [0.2, 0.25) is 0 Å². The van der Waals surface area contributed by atoms with E-state index in [9.17, 15) is 18.4 Å². The minimum absolute atomic E-state index is 0.0720. The molecule has 0 bridgehead atoms. The predicted octanol–water partition coefficient (Wildman–Crippen LogP) is 4.22. The Kier molecular flexibility index (Phi) is 5.97. The van der Waals surface area contributed by atoms with Crippen LogP contribution in [0, 0.1) is 11.6 Å². The average Bonchev–Trinajstić information content (AvgIpc) is 3.25. The number of thioether (sulfide) groups is 1. The second-order valence-corrected chi connectivity index (χ2v) is 8.52. The van der Waals surface area contributed by atoms with E-state index in [2.05, 4.69) is 4.98 Å². The van der Waals surface area contributed by atoms with Crippen LogP contribution < -0.4 is 5.56 Å². The maximum atomic E-state index is 13.5. The molecule has 0 N–H and O–H groups in total. The summed E-state index contributed by atoms with van der Waals surface area (Å²) in [7, 11) is 0. The number of ketones is 1. The van der Waals surface area contributed by atoms with Gasteiger partial charge in [-0.05, 0) is 50.1 Å². The van der Waals surface area contributed by atoms with Crippen molar-refractivity contribution in [3.05, 3.63) is 70.0 Å². The molecule has 1 saturated heterocycles. The van der Waals surface area contributed by atoms with Gasteiger partial charge in [-0.1, -0.05) is 23.9 Å². The number of hydrogen-bond donors (Lipinski definition) is 0. The van der Waals surface area contributed by atoms with Gasteiger partial charge in [0.1, 0.15) is 0 Å². The molecule has 2 heterocycles. The molecule has 8 heteroatoms. The Balaban J connectivity index is 1.68. The molecule has 2 aromatic carbocycles. The summed E-state index contributed by atoms with van der Waals surface area (Å²) < 4.78 is 34.0. The molecule has 3 aromatic rings. The van der Waals surface area contributed by atoms with Gasteiger partial charge in [-0.15, -0.1) is 0 Å². The Hall–Kier alpha value is -2.58. The normalized spacial score (nSPS) is 17.4. The summed E-state index contributed by atoms with van der Waals surface area (Å²) in [6.07, 6.45) is 1.71. The van der Waals surface area contributed by atoms with Crippen LogP contribution in [0.3, 0.4) is 0 Å². The van der Waals surface area contributed by atoms with Crippen LogP contribution in [0.1, 0.15) is 30.1 Å². The fraction of sp³-hybridized carbons (Fsp3) is 0.318. The monoisotopic (exact) mass is 430 g/mol. The third-order valence-corrected chi connectivity index (χ3v) is 6.18. The van der Waals surface area contributed by atoms with Gasteiger partial charge >= 0.3 is 0 Å². The van der Waals surface area contributed by atoms with Crippen LogP contribution in [0.25, 0.3) is 10.9 Å². The number of carbonyl (C=O) groups is 1. The van der Waals surface area contributed by atoms with Crippen LogP contribution in [0.4, 0.5) is 8.78 Å². The Morgan fingerprint density at radius 3 is 2.80 bits per heavy atom. The first-order valence-electron chi connectivity index (χ1n) is 9.71. The summed E-state index contributed by atoms with van der Waals surface area (Å²) in [5.74, 6) is -2.45. The van der Waals surface area contributed by atoms with Gasteiger partial charge in [0.2, 0.25) is 0 Å². The number of hydrogen-bond acceptors (Lipinski definition) is 5.